The van der Waals surface area contributed by atoms with Gasteiger partial charge in [0.25, 0.3) is 5.91 Å². The van der Waals surface area contributed by atoms with E-state index in [0.29, 0.717) is 18.7 Å². The summed E-state index contributed by atoms with van der Waals surface area (Å²) in [4.78, 5) is 16.4. The van der Waals surface area contributed by atoms with Gasteiger partial charge in [0.05, 0.1) is 17.4 Å². The number of benzene rings is 1. The van der Waals surface area contributed by atoms with Crippen molar-refractivity contribution in [3.05, 3.63) is 53.3 Å². The molecule has 2 aromatic rings. The summed E-state index contributed by atoms with van der Waals surface area (Å²) in [6.45, 7) is 5.42. The van der Waals surface area contributed by atoms with Crippen LogP contribution in [0.3, 0.4) is 0 Å². The zero-order valence-electron chi connectivity index (χ0n) is 14.6. The lowest BCUT2D eigenvalue weighted by molar-refractivity contribution is 0.0948. The summed E-state index contributed by atoms with van der Waals surface area (Å²) in [6.07, 6.45) is 5.04. The molecule has 2 rings (SSSR count). The van der Waals surface area contributed by atoms with E-state index in [-0.39, 0.29) is 5.91 Å². The molecule has 0 spiro atoms. The summed E-state index contributed by atoms with van der Waals surface area (Å²) >= 11 is 0. The number of methoxy groups -OCH3 is 1. The zero-order chi connectivity index (χ0) is 17.4. The quantitative estimate of drug-likeness (QED) is 0.729. The van der Waals surface area contributed by atoms with Crippen molar-refractivity contribution >= 4 is 17.3 Å². The van der Waals surface area contributed by atoms with Crippen LogP contribution in [0, 0.1) is 6.92 Å². The van der Waals surface area contributed by atoms with Gasteiger partial charge in [0.2, 0.25) is 0 Å². The normalized spacial score (nSPS) is 10.5. The molecule has 0 saturated heterocycles. The lowest BCUT2D eigenvalue weighted by Gasteiger charge is -2.14. The van der Waals surface area contributed by atoms with E-state index in [0.717, 1.165) is 24.2 Å². The van der Waals surface area contributed by atoms with Crippen LogP contribution in [0.25, 0.3) is 0 Å². The van der Waals surface area contributed by atoms with Gasteiger partial charge in [0.15, 0.2) is 0 Å². The lowest BCUT2D eigenvalue weighted by Crippen LogP contribution is -2.25. The standard InChI is InChI=1S/C19H25N3O2/c1-4-15-8-5-7-14(2)18(15)22-17-11-16(12-20-13-17)19(23)21-9-6-10-24-3/h5,7-8,11-13,22H,4,6,9-10H2,1-3H3,(H,21,23). The predicted octanol–water partition coefficient (Wildman–Crippen LogP) is 3.46. The topological polar surface area (TPSA) is 63.2 Å². The molecule has 5 heteroatoms. The first-order valence-corrected chi connectivity index (χ1v) is 8.23. The fraction of sp³-hybridized carbons (Fsp3) is 0.368. The Labute approximate surface area is 143 Å². The molecule has 0 unspecified atom stereocenters. The van der Waals surface area contributed by atoms with Gasteiger partial charge in [-0.15, -0.1) is 0 Å². The second kappa shape index (κ2) is 9.03. The minimum absolute atomic E-state index is 0.122. The Balaban J connectivity index is 2.09. The number of hydrogen-bond donors (Lipinski definition) is 2. The zero-order valence-corrected chi connectivity index (χ0v) is 14.6. The summed E-state index contributed by atoms with van der Waals surface area (Å²) in [7, 11) is 1.65. The second-order valence-electron chi connectivity index (χ2n) is 5.65. The molecule has 0 radical (unpaired) electrons. The van der Waals surface area contributed by atoms with E-state index < -0.39 is 0 Å². The van der Waals surface area contributed by atoms with Crippen LogP contribution in [-0.4, -0.2) is 31.2 Å². The van der Waals surface area contributed by atoms with Crippen LogP contribution in [0.4, 0.5) is 11.4 Å². The van der Waals surface area contributed by atoms with Gasteiger partial charge in [-0.1, -0.05) is 25.1 Å². The van der Waals surface area contributed by atoms with Crippen molar-refractivity contribution in [3.63, 3.8) is 0 Å². The summed E-state index contributed by atoms with van der Waals surface area (Å²) in [5, 5.41) is 6.27. The number of carbonyl (C=O) groups excluding carboxylic acids is 1. The molecule has 0 bridgehead atoms. The van der Waals surface area contributed by atoms with E-state index in [1.165, 1.54) is 11.1 Å². The number of rotatable bonds is 8. The first-order valence-electron chi connectivity index (χ1n) is 8.23. The number of hydrogen-bond acceptors (Lipinski definition) is 4. The number of carbonyl (C=O) groups is 1. The first-order chi connectivity index (χ1) is 11.7. The summed E-state index contributed by atoms with van der Waals surface area (Å²) in [5.74, 6) is -0.122. The molecule has 0 aliphatic carbocycles. The third-order valence-electron chi connectivity index (χ3n) is 3.82. The first kappa shape index (κ1) is 17.9. The molecule has 5 nitrogen and oxygen atoms in total. The number of nitrogens with one attached hydrogen (secondary N) is 2. The van der Waals surface area contributed by atoms with Crippen LogP contribution in [0.5, 0.6) is 0 Å². The third kappa shape index (κ3) is 4.80. The lowest BCUT2D eigenvalue weighted by atomic mass is 10.1. The van der Waals surface area contributed by atoms with E-state index in [9.17, 15) is 4.79 Å². The van der Waals surface area contributed by atoms with Crippen molar-refractivity contribution in [3.8, 4) is 0 Å². The summed E-state index contributed by atoms with van der Waals surface area (Å²) in [5.41, 5.74) is 4.85. The molecular weight excluding hydrogens is 302 g/mol. The summed E-state index contributed by atoms with van der Waals surface area (Å²) < 4.78 is 4.97. The monoisotopic (exact) mass is 327 g/mol. The van der Waals surface area contributed by atoms with Gasteiger partial charge in [0.1, 0.15) is 0 Å². The van der Waals surface area contributed by atoms with E-state index in [2.05, 4.69) is 47.7 Å². The van der Waals surface area contributed by atoms with E-state index in [4.69, 9.17) is 4.74 Å². The number of nitrogens with zero attached hydrogens (tertiary/aromatic N) is 1. The molecular formula is C19H25N3O2. The molecule has 24 heavy (non-hydrogen) atoms. The number of aryl methyl sites for hydroxylation is 2. The highest BCUT2D eigenvalue weighted by Crippen LogP contribution is 2.25. The molecule has 0 saturated carbocycles. The van der Waals surface area contributed by atoms with Crippen molar-refractivity contribution < 1.29 is 9.53 Å². The van der Waals surface area contributed by atoms with E-state index in [1.807, 2.05) is 6.07 Å². The fourth-order valence-electron chi connectivity index (χ4n) is 2.50. The molecule has 128 valence electrons. The minimum atomic E-state index is -0.122. The van der Waals surface area contributed by atoms with Gasteiger partial charge in [-0.05, 0) is 37.0 Å². The number of aromatic nitrogens is 1. The SMILES string of the molecule is CCc1cccc(C)c1Nc1cncc(C(=O)NCCCOC)c1. The maximum atomic E-state index is 12.2. The Morgan fingerprint density at radius 1 is 1.29 bits per heavy atom. The van der Waals surface area contributed by atoms with Crippen LogP contribution in [0.1, 0.15) is 34.8 Å². The molecule has 1 aromatic carbocycles. The van der Waals surface area contributed by atoms with Crippen molar-refractivity contribution in [2.24, 2.45) is 0 Å². The maximum Gasteiger partial charge on any atom is 0.252 e. The molecule has 0 aliphatic rings. The summed E-state index contributed by atoms with van der Waals surface area (Å²) in [6, 6.07) is 8.06. The van der Waals surface area contributed by atoms with Gasteiger partial charge in [-0.2, -0.15) is 0 Å². The van der Waals surface area contributed by atoms with E-state index in [1.54, 1.807) is 19.5 Å². The highest BCUT2D eigenvalue weighted by Gasteiger charge is 2.09. The molecule has 2 N–H and O–H groups in total. The van der Waals surface area contributed by atoms with Gasteiger partial charge >= 0.3 is 0 Å². The molecule has 1 amide bonds. The Morgan fingerprint density at radius 2 is 2.12 bits per heavy atom. The van der Waals surface area contributed by atoms with E-state index >= 15 is 0 Å². The van der Waals surface area contributed by atoms with Gasteiger partial charge in [0, 0.05) is 32.1 Å². The predicted molar refractivity (Wildman–Crippen MR) is 96.9 cm³/mol. The van der Waals surface area contributed by atoms with Crippen LogP contribution in [0.15, 0.2) is 36.7 Å². The Morgan fingerprint density at radius 3 is 2.88 bits per heavy atom. The van der Waals surface area contributed by atoms with Gasteiger partial charge in [-0.3, -0.25) is 9.78 Å². The van der Waals surface area contributed by atoms with Gasteiger partial charge < -0.3 is 15.4 Å². The molecule has 0 aliphatic heterocycles. The fourth-order valence-corrected chi connectivity index (χ4v) is 2.50. The highest BCUT2D eigenvalue weighted by molar-refractivity contribution is 5.94. The number of amides is 1. The van der Waals surface area contributed by atoms with Crippen LogP contribution >= 0.6 is 0 Å². The number of pyridine rings is 1. The van der Waals surface area contributed by atoms with Crippen LogP contribution in [0.2, 0.25) is 0 Å². The Bertz CT molecular complexity index is 686. The van der Waals surface area contributed by atoms with Gasteiger partial charge in [-0.25, -0.2) is 0 Å². The number of para-hydroxylation sites is 1. The molecule has 1 aromatic heterocycles. The molecule has 0 atom stereocenters. The van der Waals surface area contributed by atoms with Crippen molar-refractivity contribution in [1.29, 1.82) is 0 Å². The van der Waals surface area contributed by atoms with Crippen molar-refractivity contribution in [2.45, 2.75) is 26.7 Å². The van der Waals surface area contributed by atoms with Crippen LogP contribution < -0.4 is 10.6 Å². The largest absolute Gasteiger partial charge is 0.385 e. The molecule has 0 fully saturated rings. The van der Waals surface area contributed by atoms with Crippen molar-refractivity contribution in [1.82, 2.24) is 10.3 Å². The average Bonchev–Trinajstić information content (AvgIpc) is 2.60. The highest BCUT2D eigenvalue weighted by atomic mass is 16.5. The second-order valence-corrected chi connectivity index (χ2v) is 5.65. The average molecular weight is 327 g/mol. The maximum absolute atomic E-state index is 12.2. The smallest absolute Gasteiger partial charge is 0.252 e. The molecule has 1 heterocycles. The number of anilines is 2. The third-order valence-corrected chi connectivity index (χ3v) is 3.82. The Kier molecular flexibility index (Phi) is 6.75. The number of ether oxygens (including phenoxy) is 1. The Hall–Kier alpha value is -2.40. The van der Waals surface area contributed by atoms with Crippen molar-refractivity contribution in [2.75, 3.05) is 25.6 Å². The minimum Gasteiger partial charge on any atom is -0.385 e. The van der Waals surface area contributed by atoms with Crippen LogP contribution in [-0.2, 0) is 11.2 Å².